The van der Waals surface area contributed by atoms with Gasteiger partial charge in [-0.15, -0.1) is 0 Å². The molecular weight excluding hydrogens is 376 g/mol. The van der Waals surface area contributed by atoms with Gasteiger partial charge in [0.1, 0.15) is 11.7 Å². The number of hydrogen-bond acceptors (Lipinski definition) is 7. The van der Waals surface area contributed by atoms with E-state index in [1.165, 1.54) is 14.0 Å². The van der Waals surface area contributed by atoms with Gasteiger partial charge in [-0.3, -0.25) is 14.4 Å². The van der Waals surface area contributed by atoms with Gasteiger partial charge in [0.25, 0.3) is 0 Å². The van der Waals surface area contributed by atoms with Crippen molar-refractivity contribution in [1.82, 2.24) is 0 Å². The highest BCUT2D eigenvalue weighted by molar-refractivity contribution is 6.02. The minimum atomic E-state index is -1.68. The van der Waals surface area contributed by atoms with Crippen LogP contribution in [0, 0.1) is 11.8 Å². The number of carbonyl (C=O) groups excluding carboxylic acids is 3. The Kier molecular flexibility index (Phi) is 7.06. The fourth-order valence-electron chi connectivity index (χ4n) is 3.88. The van der Waals surface area contributed by atoms with Crippen LogP contribution in [0.5, 0.6) is 5.75 Å². The molecule has 7 heteroatoms. The van der Waals surface area contributed by atoms with Crippen LogP contribution in [0.4, 0.5) is 0 Å². The van der Waals surface area contributed by atoms with Gasteiger partial charge in [0.15, 0.2) is 5.78 Å². The van der Waals surface area contributed by atoms with Gasteiger partial charge in [0.05, 0.1) is 30.8 Å². The number of ether oxygens (including phenoxy) is 3. The summed E-state index contributed by atoms with van der Waals surface area (Å²) in [5.41, 5.74) is -1.15. The number of Topliss-reactive ketones (excluding diaryl/α,β-unsaturated/α-hetero) is 1. The standard InChI is InChI=1S/C22H30O7/c1-12(2)28-20(24)18-16(23)11-22(5,26)19(21(25)29-13(3)4)17(18)14-8-7-9-15(10-14)27-6/h7-10,12-13,17-19,26H,11H2,1-6H3/t17-,18+,19-,22+/m0/s1. The molecule has 2 rings (SSSR count). The van der Waals surface area contributed by atoms with Crippen molar-refractivity contribution in [1.29, 1.82) is 0 Å². The summed E-state index contributed by atoms with van der Waals surface area (Å²) in [7, 11) is 1.50. The van der Waals surface area contributed by atoms with Crippen molar-refractivity contribution in [2.75, 3.05) is 7.11 Å². The van der Waals surface area contributed by atoms with Crippen molar-refractivity contribution in [3.63, 3.8) is 0 Å². The summed E-state index contributed by atoms with van der Waals surface area (Å²) >= 11 is 0. The number of esters is 2. The number of methoxy groups -OCH3 is 1. The van der Waals surface area contributed by atoms with Crippen molar-refractivity contribution in [2.45, 2.75) is 64.8 Å². The molecule has 7 nitrogen and oxygen atoms in total. The van der Waals surface area contributed by atoms with E-state index in [9.17, 15) is 19.5 Å². The van der Waals surface area contributed by atoms with Crippen LogP contribution in [0.25, 0.3) is 0 Å². The number of carbonyl (C=O) groups is 3. The Bertz CT molecular complexity index is 758. The lowest BCUT2D eigenvalue weighted by Crippen LogP contribution is -2.55. The molecule has 0 spiro atoms. The third-order valence-corrected chi connectivity index (χ3v) is 4.96. The van der Waals surface area contributed by atoms with E-state index in [-0.39, 0.29) is 6.42 Å². The zero-order chi connectivity index (χ0) is 21.9. The lowest BCUT2D eigenvalue weighted by atomic mass is 9.61. The molecule has 0 aromatic heterocycles. The van der Waals surface area contributed by atoms with Gasteiger partial charge in [-0.25, -0.2) is 0 Å². The lowest BCUT2D eigenvalue weighted by Gasteiger charge is -2.44. The normalized spacial score (nSPS) is 27.1. The van der Waals surface area contributed by atoms with Gasteiger partial charge in [0.2, 0.25) is 0 Å². The number of rotatable bonds is 6. The summed E-state index contributed by atoms with van der Waals surface area (Å²) in [6.07, 6.45) is -1.18. The SMILES string of the molecule is COc1cccc([C@H]2[C@H](C(=O)OC(C)C)C(=O)C[C@@](C)(O)[C@@H]2C(=O)OC(C)C)c1. The van der Waals surface area contributed by atoms with Gasteiger partial charge in [-0.1, -0.05) is 12.1 Å². The maximum absolute atomic E-state index is 13.0. The fraction of sp³-hybridized carbons (Fsp3) is 0.591. The molecule has 0 bridgehead atoms. The number of aliphatic hydroxyl groups is 1. The average Bonchev–Trinajstić information content (AvgIpc) is 2.58. The molecule has 1 aliphatic rings. The smallest absolute Gasteiger partial charge is 0.317 e. The van der Waals surface area contributed by atoms with Gasteiger partial charge >= 0.3 is 11.9 Å². The third-order valence-electron chi connectivity index (χ3n) is 4.96. The second-order valence-electron chi connectivity index (χ2n) is 8.23. The first-order chi connectivity index (χ1) is 13.5. The van der Waals surface area contributed by atoms with Crippen LogP contribution in [0.15, 0.2) is 24.3 Å². The summed E-state index contributed by atoms with van der Waals surface area (Å²) in [5.74, 6) is -4.63. The Hall–Kier alpha value is -2.41. The molecule has 1 aliphatic carbocycles. The first-order valence-electron chi connectivity index (χ1n) is 9.78. The summed E-state index contributed by atoms with van der Waals surface area (Å²) in [6.45, 7) is 8.20. The molecule has 0 amide bonds. The third kappa shape index (κ3) is 5.15. The van der Waals surface area contributed by atoms with Gasteiger partial charge in [-0.2, -0.15) is 0 Å². The molecule has 0 radical (unpaired) electrons. The van der Waals surface area contributed by atoms with Crippen LogP contribution in [0.3, 0.4) is 0 Å². The quantitative estimate of drug-likeness (QED) is 0.573. The molecule has 4 atom stereocenters. The number of hydrogen-bond donors (Lipinski definition) is 1. The number of ketones is 1. The fourth-order valence-corrected chi connectivity index (χ4v) is 3.88. The van der Waals surface area contributed by atoms with Crippen molar-refractivity contribution >= 4 is 17.7 Å². The maximum atomic E-state index is 13.0. The van der Waals surface area contributed by atoms with Gasteiger partial charge in [0, 0.05) is 12.3 Å². The minimum Gasteiger partial charge on any atom is -0.497 e. The zero-order valence-corrected chi connectivity index (χ0v) is 17.8. The second kappa shape index (κ2) is 8.95. The maximum Gasteiger partial charge on any atom is 0.317 e. The molecule has 1 aromatic carbocycles. The summed E-state index contributed by atoms with van der Waals surface area (Å²) in [4.78, 5) is 38.8. The largest absolute Gasteiger partial charge is 0.497 e. The molecule has 160 valence electrons. The van der Waals surface area contributed by atoms with E-state index in [4.69, 9.17) is 14.2 Å². The Morgan fingerprint density at radius 1 is 1.10 bits per heavy atom. The Morgan fingerprint density at radius 3 is 2.24 bits per heavy atom. The van der Waals surface area contributed by atoms with Crippen LogP contribution in [0.2, 0.25) is 0 Å². The van der Waals surface area contributed by atoms with Gasteiger partial charge < -0.3 is 19.3 Å². The Balaban J connectivity index is 2.63. The van der Waals surface area contributed by atoms with Crippen LogP contribution < -0.4 is 4.74 Å². The molecule has 0 unspecified atom stereocenters. The van der Waals surface area contributed by atoms with Crippen molar-refractivity contribution < 1.29 is 33.7 Å². The average molecular weight is 406 g/mol. The van der Waals surface area contributed by atoms with Gasteiger partial charge in [-0.05, 0) is 52.3 Å². The van der Waals surface area contributed by atoms with Crippen LogP contribution in [-0.4, -0.2) is 47.7 Å². The van der Waals surface area contributed by atoms with E-state index in [0.717, 1.165) is 0 Å². The van der Waals surface area contributed by atoms with E-state index in [1.54, 1.807) is 52.0 Å². The molecule has 1 N–H and O–H groups in total. The molecule has 1 aromatic rings. The predicted molar refractivity (Wildman–Crippen MR) is 105 cm³/mol. The van der Waals surface area contributed by atoms with Crippen molar-refractivity contribution in [2.24, 2.45) is 11.8 Å². The molecule has 0 aliphatic heterocycles. The molecule has 1 fully saturated rings. The van der Waals surface area contributed by atoms with E-state index in [2.05, 4.69) is 0 Å². The van der Waals surface area contributed by atoms with Crippen LogP contribution in [-0.2, 0) is 23.9 Å². The minimum absolute atomic E-state index is 0.344. The molecule has 29 heavy (non-hydrogen) atoms. The predicted octanol–water partition coefficient (Wildman–Crippen LogP) is 2.64. The molecular formula is C22H30O7. The van der Waals surface area contributed by atoms with E-state index in [0.29, 0.717) is 11.3 Å². The second-order valence-corrected chi connectivity index (χ2v) is 8.23. The topological polar surface area (TPSA) is 99.1 Å². The van der Waals surface area contributed by atoms with E-state index in [1.807, 2.05) is 0 Å². The lowest BCUT2D eigenvalue weighted by molar-refractivity contribution is -0.176. The molecule has 0 saturated heterocycles. The number of benzene rings is 1. The first kappa shape index (κ1) is 22.9. The highest BCUT2D eigenvalue weighted by atomic mass is 16.5. The zero-order valence-electron chi connectivity index (χ0n) is 17.8. The van der Waals surface area contributed by atoms with Crippen molar-refractivity contribution in [3.8, 4) is 5.75 Å². The summed E-state index contributed by atoms with van der Waals surface area (Å²) < 4.78 is 16.0. The highest BCUT2D eigenvalue weighted by Crippen LogP contribution is 2.47. The summed E-state index contributed by atoms with van der Waals surface area (Å²) in [6, 6.07) is 6.78. The first-order valence-corrected chi connectivity index (χ1v) is 9.78. The Morgan fingerprint density at radius 2 is 1.69 bits per heavy atom. The monoisotopic (exact) mass is 406 g/mol. The summed E-state index contributed by atoms with van der Waals surface area (Å²) in [5, 5.41) is 11.0. The van der Waals surface area contributed by atoms with E-state index >= 15 is 0 Å². The Labute approximate surface area is 171 Å². The van der Waals surface area contributed by atoms with Crippen LogP contribution in [0.1, 0.15) is 52.5 Å². The van der Waals surface area contributed by atoms with Crippen molar-refractivity contribution in [3.05, 3.63) is 29.8 Å². The molecule has 0 heterocycles. The highest BCUT2D eigenvalue weighted by Gasteiger charge is 2.57. The van der Waals surface area contributed by atoms with E-state index < -0.39 is 53.3 Å². The van der Waals surface area contributed by atoms with Crippen LogP contribution >= 0.6 is 0 Å². The molecule has 1 saturated carbocycles.